The summed E-state index contributed by atoms with van der Waals surface area (Å²) in [5, 5.41) is 2.51. The van der Waals surface area contributed by atoms with Gasteiger partial charge >= 0.3 is 0 Å². The molecule has 0 saturated carbocycles. The largest absolute Gasteiger partial charge is 0.350 e. The Morgan fingerprint density at radius 2 is 2.00 bits per heavy atom. The van der Waals surface area contributed by atoms with Crippen molar-refractivity contribution in [2.45, 2.75) is 5.03 Å². The zero-order valence-electron chi connectivity index (χ0n) is 11.4. The lowest BCUT2D eigenvalue weighted by Crippen LogP contribution is -2.46. The topological polar surface area (TPSA) is 39.3 Å². The highest BCUT2D eigenvalue weighted by Crippen LogP contribution is 2.23. The molecule has 0 radical (unpaired) electrons. The first-order valence-corrected chi connectivity index (χ1v) is 7.96. The summed E-state index contributed by atoms with van der Waals surface area (Å²) in [4.78, 5) is 18.4. The number of rotatable bonds is 5. The normalized spacial score (nSPS) is 16.7. The smallest absolute Gasteiger partial charge is 0.209 e. The standard InChI is InChI=1S/C15H19N3OS/c19-12-18-7-5-17(6-8-18)9-10-20-15-11-13-3-1-2-4-14(13)16-15/h1-4,11-12,16H,5-10H2. The number of carbonyl (C=O) groups is 1. The number of benzene rings is 1. The van der Waals surface area contributed by atoms with Gasteiger partial charge in [0, 0.05) is 49.4 Å². The van der Waals surface area contributed by atoms with Crippen LogP contribution in [0.25, 0.3) is 10.9 Å². The predicted molar refractivity (Wildman–Crippen MR) is 83.1 cm³/mol. The Morgan fingerprint density at radius 1 is 1.20 bits per heavy atom. The Hall–Kier alpha value is -1.46. The van der Waals surface area contributed by atoms with Crippen molar-refractivity contribution < 1.29 is 4.79 Å². The lowest BCUT2D eigenvalue weighted by atomic mass is 10.3. The average Bonchev–Trinajstić information content (AvgIpc) is 2.90. The quantitative estimate of drug-likeness (QED) is 0.676. The zero-order chi connectivity index (χ0) is 13.8. The van der Waals surface area contributed by atoms with E-state index >= 15 is 0 Å². The molecule has 1 aromatic carbocycles. The van der Waals surface area contributed by atoms with Crippen LogP contribution in [0.5, 0.6) is 0 Å². The molecule has 2 heterocycles. The molecule has 0 spiro atoms. The number of thioether (sulfide) groups is 1. The fourth-order valence-electron chi connectivity index (χ4n) is 2.50. The van der Waals surface area contributed by atoms with Crippen molar-refractivity contribution in [1.82, 2.24) is 14.8 Å². The minimum Gasteiger partial charge on any atom is -0.350 e. The summed E-state index contributed by atoms with van der Waals surface area (Å²) < 4.78 is 0. The predicted octanol–water partition coefficient (Wildman–Crippen LogP) is 2.03. The molecule has 0 aliphatic carbocycles. The number of piperazine rings is 1. The summed E-state index contributed by atoms with van der Waals surface area (Å²) in [6.45, 7) is 4.78. The Balaban J connectivity index is 1.47. The zero-order valence-corrected chi connectivity index (χ0v) is 12.2. The van der Waals surface area contributed by atoms with Gasteiger partial charge in [0.05, 0.1) is 5.03 Å². The van der Waals surface area contributed by atoms with Crippen molar-refractivity contribution >= 4 is 29.1 Å². The SMILES string of the molecule is O=CN1CCN(CCSc2cc3ccccc3[nH]2)CC1. The summed E-state index contributed by atoms with van der Waals surface area (Å²) in [7, 11) is 0. The Bertz CT molecular complexity index is 542. The van der Waals surface area contributed by atoms with E-state index < -0.39 is 0 Å². The van der Waals surface area contributed by atoms with E-state index in [2.05, 4.69) is 40.2 Å². The Labute approximate surface area is 123 Å². The van der Waals surface area contributed by atoms with Crippen molar-refractivity contribution in [3.63, 3.8) is 0 Å². The van der Waals surface area contributed by atoms with Crippen molar-refractivity contribution in [3.8, 4) is 0 Å². The minimum absolute atomic E-state index is 0.862. The number of nitrogens with zero attached hydrogens (tertiary/aromatic N) is 2. The van der Waals surface area contributed by atoms with Crippen molar-refractivity contribution in [1.29, 1.82) is 0 Å². The number of nitrogens with one attached hydrogen (secondary N) is 1. The van der Waals surface area contributed by atoms with E-state index in [1.54, 1.807) is 0 Å². The van der Waals surface area contributed by atoms with E-state index in [-0.39, 0.29) is 0 Å². The maximum Gasteiger partial charge on any atom is 0.209 e. The van der Waals surface area contributed by atoms with Crippen LogP contribution in [0, 0.1) is 0 Å². The molecular formula is C15H19N3OS. The molecule has 3 rings (SSSR count). The van der Waals surface area contributed by atoms with Gasteiger partial charge in [-0.05, 0) is 12.1 Å². The lowest BCUT2D eigenvalue weighted by Gasteiger charge is -2.32. The molecule has 0 atom stereocenters. The molecule has 20 heavy (non-hydrogen) atoms. The molecule has 1 aromatic heterocycles. The molecule has 106 valence electrons. The van der Waals surface area contributed by atoms with Crippen LogP contribution in [0.2, 0.25) is 0 Å². The summed E-state index contributed by atoms with van der Waals surface area (Å²) in [6.07, 6.45) is 0.955. The first-order valence-electron chi connectivity index (χ1n) is 6.97. The minimum atomic E-state index is 0.862. The fourth-order valence-corrected chi connectivity index (χ4v) is 3.46. The van der Waals surface area contributed by atoms with Crippen LogP contribution in [0.3, 0.4) is 0 Å². The molecule has 4 nitrogen and oxygen atoms in total. The van der Waals surface area contributed by atoms with Crippen LogP contribution in [-0.2, 0) is 4.79 Å². The van der Waals surface area contributed by atoms with Crippen LogP contribution >= 0.6 is 11.8 Å². The Morgan fingerprint density at radius 3 is 2.75 bits per heavy atom. The van der Waals surface area contributed by atoms with E-state index in [4.69, 9.17) is 0 Å². The average molecular weight is 289 g/mol. The van der Waals surface area contributed by atoms with Crippen LogP contribution in [-0.4, -0.2) is 59.7 Å². The summed E-state index contributed by atoms with van der Waals surface area (Å²) in [5.74, 6) is 1.08. The maximum atomic E-state index is 10.7. The fraction of sp³-hybridized carbons (Fsp3) is 0.400. The number of H-pyrrole nitrogens is 1. The molecular weight excluding hydrogens is 270 g/mol. The molecule has 0 bridgehead atoms. The summed E-state index contributed by atoms with van der Waals surface area (Å²) >= 11 is 1.87. The molecule has 5 heteroatoms. The van der Waals surface area contributed by atoms with Gasteiger partial charge in [-0.25, -0.2) is 0 Å². The number of hydrogen-bond acceptors (Lipinski definition) is 3. The number of fused-ring (bicyclic) bond motifs is 1. The molecule has 0 unspecified atom stereocenters. The van der Waals surface area contributed by atoms with Gasteiger partial charge in [0.2, 0.25) is 6.41 Å². The van der Waals surface area contributed by atoms with E-state index in [1.807, 2.05) is 16.7 Å². The van der Waals surface area contributed by atoms with Crippen molar-refractivity contribution in [3.05, 3.63) is 30.3 Å². The molecule has 1 N–H and O–H groups in total. The Kier molecular flexibility index (Phi) is 4.28. The number of hydrogen-bond donors (Lipinski definition) is 1. The van der Waals surface area contributed by atoms with Gasteiger partial charge in [0.25, 0.3) is 0 Å². The molecule has 1 aliphatic heterocycles. The molecule has 1 aliphatic rings. The van der Waals surface area contributed by atoms with Gasteiger partial charge < -0.3 is 9.88 Å². The third-order valence-corrected chi connectivity index (χ3v) is 4.64. The molecule has 2 aromatic rings. The third kappa shape index (κ3) is 3.16. The second kappa shape index (κ2) is 6.33. The van der Waals surface area contributed by atoms with E-state index in [9.17, 15) is 4.79 Å². The third-order valence-electron chi connectivity index (χ3n) is 3.73. The van der Waals surface area contributed by atoms with Gasteiger partial charge in [-0.1, -0.05) is 18.2 Å². The van der Waals surface area contributed by atoms with Gasteiger partial charge in [-0.2, -0.15) is 0 Å². The number of aromatic amines is 1. The van der Waals surface area contributed by atoms with Gasteiger partial charge in [-0.3, -0.25) is 9.69 Å². The van der Waals surface area contributed by atoms with Gasteiger partial charge in [0.1, 0.15) is 0 Å². The second-order valence-corrected chi connectivity index (χ2v) is 6.19. The monoisotopic (exact) mass is 289 g/mol. The van der Waals surface area contributed by atoms with E-state index in [1.165, 1.54) is 15.9 Å². The lowest BCUT2D eigenvalue weighted by molar-refractivity contribution is -0.119. The van der Waals surface area contributed by atoms with Gasteiger partial charge in [-0.15, -0.1) is 11.8 Å². The highest BCUT2D eigenvalue weighted by Gasteiger charge is 2.14. The number of aromatic nitrogens is 1. The second-order valence-electron chi connectivity index (χ2n) is 5.05. The van der Waals surface area contributed by atoms with E-state index in [0.717, 1.165) is 44.9 Å². The van der Waals surface area contributed by atoms with Crippen molar-refractivity contribution in [2.24, 2.45) is 0 Å². The molecule has 1 amide bonds. The van der Waals surface area contributed by atoms with Crippen LogP contribution in [0.4, 0.5) is 0 Å². The first kappa shape index (κ1) is 13.5. The molecule has 1 fully saturated rings. The maximum absolute atomic E-state index is 10.7. The number of amides is 1. The number of para-hydroxylation sites is 1. The van der Waals surface area contributed by atoms with Crippen LogP contribution in [0.15, 0.2) is 35.4 Å². The van der Waals surface area contributed by atoms with Crippen molar-refractivity contribution in [2.75, 3.05) is 38.5 Å². The number of carbonyl (C=O) groups excluding carboxylic acids is 1. The summed E-state index contributed by atoms with van der Waals surface area (Å²) in [6, 6.07) is 10.6. The first-order chi connectivity index (χ1) is 9.85. The van der Waals surface area contributed by atoms with Gasteiger partial charge in [0.15, 0.2) is 0 Å². The summed E-state index contributed by atoms with van der Waals surface area (Å²) in [5.41, 5.74) is 1.20. The van der Waals surface area contributed by atoms with Crippen LogP contribution < -0.4 is 0 Å². The van der Waals surface area contributed by atoms with E-state index in [0.29, 0.717) is 0 Å². The highest BCUT2D eigenvalue weighted by molar-refractivity contribution is 7.99. The van der Waals surface area contributed by atoms with Crippen LogP contribution in [0.1, 0.15) is 0 Å². The molecule has 1 saturated heterocycles. The highest BCUT2D eigenvalue weighted by atomic mass is 32.2.